The number of fused-ring (bicyclic) bond motifs is 1. The predicted molar refractivity (Wildman–Crippen MR) is 50.0 cm³/mol. The van der Waals surface area contributed by atoms with Gasteiger partial charge in [0.25, 0.3) is 0 Å². The molecule has 0 spiro atoms. The molecule has 1 heterocycles. The van der Waals surface area contributed by atoms with Crippen LogP contribution in [0.4, 0.5) is 0 Å². The van der Waals surface area contributed by atoms with Crippen molar-refractivity contribution >= 4 is 0 Å². The molecule has 1 aliphatic heterocycles. The van der Waals surface area contributed by atoms with Crippen LogP contribution in [0.5, 0.6) is 0 Å². The van der Waals surface area contributed by atoms with Crippen LogP contribution >= 0.6 is 0 Å². The van der Waals surface area contributed by atoms with E-state index in [2.05, 4.69) is 27.7 Å². The summed E-state index contributed by atoms with van der Waals surface area (Å²) in [4.78, 5) is 0. The minimum Gasteiger partial charge on any atom is -0.377 e. The Balaban J connectivity index is 2.29. The molecule has 0 aromatic carbocycles. The summed E-state index contributed by atoms with van der Waals surface area (Å²) in [5, 5.41) is 0. The third-order valence-electron chi connectivity index (χ3n) is 3.78. The maximum atomic E-state index is 5.83. The van der Waals surface area contributed by atoms with Gasteiger partial charge >= 0.3 is 0 Å². The fourth-order valence-electron chi connectivity index (χ4n) is 3.57. The molecule has 2 atom stereocenters. The van der Waals surface area contributed by atoms with Crippen molar-refractivity contribution in [3.63, 3.8) is 0 Å². The van der Waals surface area contributed by atoms with E-state index in [0.29, 0.717) is 16.9 Å². The Morgan fingerprint density at radius 3 is 2.33 bits per heavy atom. The van der Waals surface area contributed by atoms with Crippen molar-refractivity contribution in [2.45, 2.75) is 46.6 Å². The first kappa shape index (κ1) is 8.55. The van der Waals surface area contributed by atoms with Crippen LogP contribution in [0.25, 0.3) is 0 Å². The second-order valence-electron chi connectivity index (χ2n) is 5.84. The Morgan fingerprint density at radius 1 is 1.08 bits per heavy atom. The first-order chi connectivity index (χ1) is 5.43. The average molecular weight is 168 g/mol. The van der Waals surface area contributed by atoms with Crippen LogP contribution in [-0.4, -0.2) is 12.7 Å². The molecule has 1 heteroatoms. The highest BCUT2D eigenvalue weighted by Crippen LogP contribution is 2.57. The Labute approximate surface area is 75.5 Å². The molecule has 0 bridgehead atoms. The van der Waals surface area contributed by atoms with Crippen LogP contribution in [0.1, 0.15) is 40.5 Å². The summed E-state index contributed by atoms with van der Waals surface area (Å²) in [5.74, 6) is 0.812. The van der Waals surface area contributed by atoms with E-state index < -0.39 is 0 Å². The third-order valence-corrected chi connectivity index (χ3v) is 3.78. The summed E-state index contributed by atoms with van der Waals surface area (Å²) in [6.07, 6.45) is 3.13. The molecule has 1 saturated carbocycles. The van der Waals surface area contributed by atoms with Crippen molar-refractivity contribution in [2.24, 2.45) is 16.7 Å². The summed E-state index contributed by atoms with van der Waals surface area (Å²) in [6, 6.07) is 0. The maximum absolute atomic E-state index is 5.83. The van der Waals surface area contributed by atoms with Gasteiger partial charge in [0.2, 0.25) is 0 Å². The van der Waals surface area contributed by atoms with Gasteiger partial charge < -0.3 is 4.74 Å². The minimum absolute atomic E-state index is 0.407. The monoisotopic (exact) mass is 168 g/mol. The number of hydrogen-bond acceptors (Lipinski definition) is 1. The van der Waals surface area contributed by atoms with Crippen molar-refractivity contribution in [3.05, 3.63) is 0 Å². The number of ether oxygens (including phenoxy) is 1. The molecule has 1 nitrogen and oxygen atoms in total. The van der Waals surface area contributed by atoms with Crippen molar-refractivity contribution in [1.82, 2.24) is 0 Å². The molecule has 0 radical (unpaired) electrons. The smallest absolute Gasteiger partial charge is 0.0660 e. The largest absolute Gasteiger partial charge is 0.377 e. The van der Waals surface area contributed by atoms with Gasteiger partial charge in [-0.1, -0.05) is 27.7 Å². The van der Waals surface area contributed by atoms with Gasteiger partial charge in [-0.05, 0) is 29.6 Å². The molecule has 0 aromatic rings. The van der Waals surface area contributed by atoms with Crippen molar-refractivity contribution in [3.8, 4) is 0 Å². The molecule has 2 unspecified atom stereocenters. The summed E-state index contributed by atoms with van der Waals surface area (Å²) in [7, 11) is 0. The molecule has 0 aromatic heterocycles. The average Bonchev–Trinajstić information content (AvgIpc) is 2.34. The molecule has 0 amide bonds. The molecule has 1 saturated heterocycles. The highest BCUT2D eigenvalue weighted by Gasteiger charge is 2.54. The van der Waals surface area contributed by atoms with E-state index in [4.69, 9.17) is 4.74 Å². The topological polar surface area (TPSA) is 9.23 Å². The lowest BCUT2D eigenvalue weighted by Gasteiger charge is -2.25. The standard InChI is InChI=1S/C11H20O/c1-10(2)7-11(3,4)9-8(10)5-6-12-9/h8-9H,5-7H2,1-4H3. The highest BCUT2D eigenvalue weighted by atomic mass is 16.5. The van der Waals surface area contributed by atoms with E-state index in [-0.39, 0.29) is 0 Å². The quantitative estimate of drug-likeness (QED) is 0.540. The fourth-order valence-corrected chi connectivity index (χ4v) is 3.57. The van der Waals surface area contributed by atoms with Crippen molar-refractivity contribution < 1.29 is 4.74 Å². The van der Waals surface area contributed by atoms with Crippen LogP contribution in [0, 0.1) is 16.7 Å². The molecule has 2 aliphatic rings. The third kappa shape index (κ3) is 1.02. The van der Waals surface area contributed by atoms with E-state index in [1.807, 2.05) is 0 Å². The fraction of sp³-hybridized carbons (Fsp3) is 1.00. The number of hydrogen-bond donors (Lipinski definition) is 0. The molecule has 1 aliphatic carbocycles. The molecule has 70 valence electrons. The van der Waals surface area contributed by atoms with Gasteiger partial charge in [-0.2, -0.15) is 0 Å². The first-order valence-electron chi connectivity index (χ1n) is 5.05. The molecule has 0 N–H and O–H groups in total. The van der Waals surface area contributed by atoms with E-state index in [1.54, 1.807) is 0 Å². The highest BCUT2D eigenvalue weighted by molar-refractivity contribution is 5.03. The SMILES string of the molecule is CC1(C)CC(C)(C)C2OCCC21. The normalized spacial score (nSPS) is 43.0. The molecular formula is C11H20O. The second-order valence-corrected chi connectivity index (χ2v) is 5.84. The van der Waals surface area contributed by atoms with Crippen LogP contribution in [0.15, 0.2) is 0 Å². The van der Waals surface area contributed by atoms with Gasteiger partial charge in [-0.3, -0.25) is 0 Å². The second kappa shape index (κ2) is 2.25. The summed E-state index contributed by atoms with van der Waals surface area (Å²) < 4.78 is 5.83. The predicted octanol–water partition coefficient (Wildman–Crippen LogP) is 2.85. The van der Waals surface area contributed by atoms with E-state index in [0.717, 1.165) is 12.5 Å². The van der Waals surface area contributed by atoms with E-state index in [9.17, 15) is 0 Å². The Morgan fingerprint density at radius 2 is 1.75 bits per heavy atom. The van der Waals surface area contributed by atoms with Crippen LogP contribution in [0.3, 0.4) is 0 Å². The lowest BCUT2D eigenvalue weighted by Crippen LogP contribution is -2.26. The lowest BCUT2D eigenvalue weighted by molar-refractivity contribution is 0.0260. The molecule has 12 heavy (non-hydrogen) atoms. The lowest BCUT2D eigenvalue weighted by atomic mass is 9.80. The Bertz CT molecular complexity index is 173. The van der Waals surface area contributed by atoms with Crippen LogP contribution in [0.2, 0.25) is 0 Å². The van der Waals surface area contributed by atoms with Gasteiger partial charge in [0.05, 0.1) is 6.10 Å². The molecule has 2 rings (SSSR count). The first-order valence-corrected chi connectivity index (χ1v) is 5.05. The zero-order valence-electron chi connectivity index (χ0n) is 8.68. The summed E-state index contributed by atoms with van der Waals surface area (Å²) in [6.45, 7) is 10.5. The zero-order valence-corrected chi connectivity index (χ0v) is 8.68. The van der Waals surface area contributed by atoms with Crippen LogP contribution in [-0.2, 0) is 4.74 Å². The van der Waals surface area contributed by atoms with Gasteiger partial charge in [0, 0.05) is 6.61 Å². The van der Waals surface area contributed by atoms with Gasteiger partial charge in [-0.15, -0.1) is 0 Å². The van der Waals surface area contributed by atoms with Gasteiger partial charge in [0.15, 0.2) is 0 Å². The Hall–Kier alpha value is -0.0400. The molecular weight excluding hydrogens is 148 g/mol. The minimum atomic E-state index is 0.407. The summed E-state index contributed by atoms with van der Waals surface area (Å²) >= 11 is 0. The maximum Gasteiger partial charge on any atom is 0.0660 e. The summed E-state index contributed by atoms with van der Waals surface area (Å²) in [5.41, 5.74) is 0.912. The Kier molecular flexibility index (Phi) is 1.61. The zero-order chi connectivity index (χ0) is 8.98. The molecule has 2 fully saturated rings. The van der Waals surface area contributed by atoms with Gasteiger partial charge in [-0.25, -0.2) is 0 Å². The van der Waals surface area contributed by atoms with E-state index >= 15 is 0 Å². The van der Waals surface area contributed by atoms with Crippen molar-refractivity contribution in [1.29, 1.82) is 0 Å². The van der Waals surface area contributed by atoms with Gasteiger partial charge in [0.1, 0.15) is 0 Å². The van der Waals surface area contributed by atoms with Crippen molar-refractivity contribution in [2.75, 3.05) is 6.61 Å². The van der Waals surface area contributed by atoms with Crippen LogP contribution < -0.4 is 0 Å². The number of rotatable bonds is 0. The van der Waals surface area contributed by atoms with E-state index in [1.165, 1.54) is 12.8 Å².